The van der Waals surface area contributed by atoms with Crippen molar-refractivity contribution in [3.05, 3.63) is 59.6 Å². The van der Waals surface area contributed by atoms with Crippen LogP contribution in [0.15, 0.2) is 48.2 Å². The van der Waals surface area contributed by atoms with E-state index in [2.05, 4.69) is 9.36 Å². The first kappa shape index (κ1) is 13.0. The lowest BCUT2D eigenvalue weighted by molar-refractivity contribution is 0.250. The van der Waals surface area contributed by atoms with E-state index < -0.39 is 0 Å². The van der Waals surface area contributed by atoms with Crippen molar-refractivity contribution in [2.24, 2.45) is 0 Å². The standard InChI is InChI=1S/C14H12FN3OS/c15-12-3-1-10(2-4-12)13(8-19)18-6-5-16-14(18)11-7-17-20-9-11/h1-7,9,13,19H,8H2. The fourth-order valence-electron chi connectivity index (χ4n) is 2.14. The van der Waals surface area contributed by atoms with E-state index in [1.54, 1.807) is 30.7 Å². The highest BCUT2D eigenvalue weighted by atomic mass is 32.1. The van der Waals surface area contributed by atoms with Gasteiger partial charge in [0.05, 0.1) is 18.8 Å². The van der Waals surface area contributed by atoms with Crippen LogP contribution in [0.25, 0.3) is 11.4 Å². The number of hydrogen-bond donors (Lipinski definition) is 1. The molecule has 0 aliphatic heterocycles. The van der Waals surface area contributed by atoms with E-state index in [-0.39, 0.29) is 18.5 Å². The monoisotopic (exact) mass is 289 g/mol. The summed E-state index contributed by atoms with van der Waals surface area (Å²) in [6.07, 6.45) is 5.22. The maximum Gasteiger partial charge on any atom is 0.143 e. The van der Waals surface area contributed by atoms with Gasteiger partial charge in [-0.1, -0.05) is 12.1 Å². The zero-order valence-corrected chi connectivity index (χ0v) is 11.3. The minimum Gasteiger partial charge on any atom is -0.394 e. The number of halogens is 1. The van der Waals surface area contributed by atoms with Gasteiger partial charge in [-0.3, -0.25) is 0 Å². The summed E-state index contributed by atoms with van der Waals surface area (Å²) >= 11 is 1.35. The molecule has 0 saturated heterocycles. The predicted molar refractivity (Wildman–Crippen MR) is 75.0 cm³/mol. The van der Waals surface area contributed by atoms with Gasteiger partial charge in [-0.25, -0.2) is 13.7 Å². The number of benzene rings is 1. The average molecular weight is 289 g/mol. The summed E-state index contributed by atoms with van der Waals surface area (Å²) in [7, 11) is 0. The number of aliphatic hydroxyl groups is 1. The second-order valence-corrected chi connectivity index (χ2v) is 4.98. The molecule has 1 unspecified atom stereocenters. The molecule has 6 heteroatoms. The highest BCUT2D eigenvalue weighted by Crippen LogP contribution is 2.26. The van der Waals surface area contributed by atoms with E-state index in [1.165, 1.54) is 23.7 Å². The van der Waals surface area contributed by atoms with E-state index in [0.29, 0.717) is 0 Å². The van der Waals surface area contributed by atoms with Gasteiger partial charge >= 0.3 is 0 Å². The third-order valence-corrected chi connectivity index (χ3v) is 3.71. The smallest absolute Gasteiger partial charge is 0.143 e. The van der Waals surface area contributed by atoms with Gasteiger partial charge in [0.15, 0.2) is 0 Å². The van der Waals surface area contributed by atoms with Crippen LogP contribution in [0.5, 0.6) is 0 Å². The molecule has 2 aromatic heterocycles. The van der Waals surface area contributed by atoms with Crippen molar-refractivity contribution < 1.29 is 9.50 Å². The zero-order chi connectivity index (χ0) is 13.9. The Morgan fingerprint density at radius 3 is 2.75 bits per heavy atom. The molecule has 1 N–H and O–H groups in total. The highest BCUT2D eigenvalue weighted by Gasteiger charge is 2.17. The van der Waals surface area contributed by atoms with E-state index in [0.717, 1.165) is 17.0 Å². The minimum atomic E-state index is -0.298. The molecule has 2 heterocycles. The van der Waals surface area contributed by atoms with Crippen LogP contribution < -0.4 is 0 Å². The van der Waals surface area contributed by atoms with Crippen molar-refractivity contribution in [2.75, 3.05) is 6.61 Å². The molecule has 1 aromatic carbocycles. The van der Waals surface area contributed by atoms with Gasteiger partial charge in [-0.05, 0) is 29.2 Å². The third kappa shape index (κ3) is 2.35. The minimum absolute atomic E-state index is 0.0907. The lowest BCUT2D eigenvalue weighted by Crippen LogP contribution is -2.15. The summed E-state index contributed by atoms with van der Waals surface area (Å²) in [5.74, 6) is 0.445. The summed E-state index contributed by atoms with van der Waals surface area (Å²) in [4.78, 5) is 4.32. The summed E-state index contributed by atoms with van der Waals surface area (Å²) < 4.78 is 18.9. The van der Waals surface area contributed by atoms with E-state index in [1.807, 2.05) is 9.95 Å². The number of nitrogens with zero attached hydrogens (tertiary/aromatic N) is 3. The number of rotatable bonds is 4. The molecule has 0 radical (unpaired) electrons. The molecule has 0 saturated carbocycles. The number of aliphatic hydroxyl groups excluding tert-OH is 1. The molecule has 3 aromatic rings. The molecule has 0 spiro atoms. The SMILES string of the molecule is OCC(c1ccc(F)cc1)n1ccnc1-c1cnsc1. The van der Waals surface area contributed by atoms with Crippen LogP contribution >= 0.6 is 11.5 Å². The fourth-order valence-corrected chi connectivity index (χ4v) is 2.66. The lowest BCUT2D eigenvalue weighted by atomic mass is 10.1. The molecule has 20 heavy (non-hydrogen) atoms. The first-order chi connectivity index (χ1) is 9.79. The van der Waals surface area contributed by atoms with E-state index in [9.17, 15) is 9.50 Å². The Bertz CT molecular complexity index is 679. The Kier molecular flexibility index (Phi) is 3.58. The molecule has 0 fully saturated rings. The number of aromatic nitrogens is 3. The van der Waals surface area contributed by atoms with Gasteiger partial charge < -0.3 is 9.67 Å². The van der Waals surface area contributed by atoms with Crippen LogP contribution in [0.4, 0.5) is 4.39 Å². The quantitative estimate of drug-likeness (QED) is 0.803. The molecule has 1 atom stereocenters. The molecule has 0 aliphatic carbocycles. The Morgan fingerprint density at radius 1 is 1.30 bits per heavy atom. The van der Waals surface area contributed by atoms with Gasteiger partial charge in [0.2, 0.25) is 0 Å². The van der Waals surface area contributed by atoms with Crippen molar-refractivity contribution in [1.82, 2.24) is 13.9 Å². The highest BCUT2D eigenvalue weighted by molar-refractivity contribution is 7.03. The molecule has 3 rings (SSSR count). The van der Waals surface area contributed by atoms with Gasteiger partial charge in [0.25, 0.3) is 0 Å². The normalized spacial score (nSPS) is 12.5. The maximum absolute atomic E-state index is 13.0. The Morgan fingerprint density at radius 2 is 2.10 bits per heavy atom. The van der Waals surface area contributed by atoms with Crippen molar-refractivity contribution >= 4 is 11.5 Å². The lowest BCUT2D eigenvalue weighted by Gasteiger charge is -2.18. The number of hydrogen-bond acceptors (Lipinski definition) is 4. The van der Waals surface area contributed by atoms with Crippen LogP contribution in [0.2, 0.25) is 0 Å². The third-order valence-electron chi connectivity index (χ3n) is 3.12. The second kappa shape index (κ2) is 5.52. The van der Waals surface area contributed by atoms with E-state index >= 15 is 0 Å². The average Bonchev–Trinajstić information content (AvgIpc) is 3.12. The summed E-state index contributed by atoms with van der Waals surface area (Å²) in [6.45, 7) is -0.0907. The molecule has 0 bridgehead atoms. The Balaban J connectivity index is 2.02. The van der Waals surface area contributed by atoms with Crippen molar-refractivity contribution in [3.63, 3.8) is 0 Å². The van der Waals surface area contributed by atoms with Crippen molar-refractivity contribution in [1.29, 1.82) is 0 Å². The van der Waals surface area contributed by atoms with Crippen LogP contribution in [0.3, 0.4) is 0 Å². The molecule has 0 aliphatic rings. The Hall–Kier alpha value is -2.05. The van der Waals surface area contributed by atoms with E-state index in [4.69, 9.17) is 0 Å². The largest absolute Gasteiger partial charge is 0.394 e. The van der Waals surface area contributed by atoms with Gasteiger partial charge in [0.1, 0.15) is 11.6 Å². The molecular formula is C14H12FN3OS. The zero-order valence-electron chi connectivity index (χ0n) is 10.5. The topological polar surface area (TPSA) is 50.9 Å². The molecule has 0 amide bonds. The Labute approximate surface area is 119 Å². The van der Waals surface area contributed by atoms with Crippen molar-refractivity contribution in [3.8, 4) is 11.4 Å². The summed E-state index contributed by atoms with van der Waals surface area (Å²) in [5, 5.41) is 11.6. The van der Waals surface area contributed by atoms with Crippen LogP contribution in [-0.4, -0.2) is 25.6 Å². The molecular weight excluding hydrogens is 277 g/mol. The summed E-state index contributed by atoms with van der Waals surface area (Å²) in [6, 6.07) is 5.83. The van der Waals surface area contributed by atoms with Gasteiger partial charge in [0, 0.05) is 23.3 Å². The van der Waals surface area contributed by atoms with Crippen LogP contribution in [0, 0.1) is 5.82 Å². The predicted octanol–water partition coefficient (Wildman–Crippen LogP) is 2.73. The van der Waals surface area contributed by atoms with Crippen LogP contribution in [-0.2, 0) is 0 Å². The second-order valence-electron chi connectivity index (χ2n) is 4.32. The summed E-state index contributed by atoms with van der Waals surface area (Å²) in [5.41, 5.74) is 1.73. The molecule has 102 valence electrons. The van der Waals surface area contributed by atoms with Gasteiger partial charge in [-0.2, -0.15) is 0 Å². The maximum atomic E-state index is 13.0. The van der Waals surface area contributed by atoms with Gasteiger partial charge in [-0.15, -0.1) is 0 Å². The van der Waals surface area contributed by atoms with Crippen LogP contribution in [0.1, 0.15) is 11.6 Å². The first-order valence-corrected chi connectivity index (χ1v) is 6.92. The van der Waals surface area contributed by atoms with Crippen molar-refractivity contribution in [2.45, 2.75) is 6.04 Å². The number of imidazole rings is 1. The first-order valence-electron chi connectivity index (χ1n) is 6.08. The molecule has 4 nitrogen and oxygen atoms in total. The fraction of sp³-hybridized carbons (Fsp3) is 0.143.